The van der Waals surface area contributed by atoms with Crippen molar-refractivity contribution < 1.29 is 9.15 Å². The number of rotatable bonds is 4. The van der Waals surface area contributed by atoms with Crippen LogP contribution in [0.1, 0.15) is 31.4 Å². The zero-order chi connectivity index (χ0) is 13.2. The van der Waals surface area contributed by atoms with Gasteiger partial charge in [0.15, 0.2) is 5.58 Å². The number of H-pyrrole nitrogens is 1. The van der Waals surface area contributed by atoms with Crippen molar-refractivity contribution in [2.75, 3.05) is 13.2 Å². The van der Waals surface area contributed by atoms with E-state index in [0.717, 1.165) is 37.1 Å². The molecule has 1 aliphatic heterocycles. The van der Waals surface area contributed by atoms with Crippen molar-refractivity contribution in [2.24, 2.45) is 0 Å². The Morgan fingerprint density at radius 2 is 2.42 bits per heavy atom. The minimum atomic E-state index is -0.413. The van der Waals surface area contributed by atoms with Crippen LogP contribution in [0.2, 0.25) is 0 Å². The first kappa shape index (κ1) is 12.4. The molecule has 3 rings (SSSR count). The van der Waals surface area contributed by atoms with Crippen LogP contribution < -0.4 is 11.1 Å². The molecule has 1 aromatic carbocycles. The van der Waals surface area contributed by atoms with Gasteiger partial charge in [-0.1, -0.05) is 13.0 Å². The molecule has 102 valence electrons. The third-order valence-corrected chi connectivity index (χ3v) is 3.56. The maximum absolute atomic E-state index is 11.2. The van der Waals surface area contributed by atoms with Gasteiger partial charge in [-0.05, 0) is 37.1 Å². The summed E-state index contributed by atoms with van der Waals surface area (Å²) in [5.41, 5.74) is 2.43. The fourth-order valence-corrected chi connectivity index (χ4v) is 2.70. The molecule has 2 atom stereocenters. The predicted octanol–water partition coefficient (Wildman–Crippen LogP) is 1.95. The van der Waals surface area contributed by atoms with E-state index in [0.29, 0.717) is 5.58 Å². The molecule has 0 radical (unpaired) electrons. The first-order chi connectivity index (χ1) is 9.28. The Bertz CT molecular complexity index is 610. The summed E-state index contributed by atoms with van der Waals surface area (Å²) in [5.74, 6) is -0.413. The summed E-state index contributed by atoms with van der Waals surface area (Å²) in [5, 5.41) is 3.46. The molecule has 1 saturated heterocycles. The van der Waals surface area contributed by atoms with Gasteiger partial charge in [-0.15, -0.1) is 0 Å². The highest BCUT2D eigenvalue weighted by molar-refractivity contribution is 5.72. The van der Waals surface area contributed by atoms with E-state index in [1.54, 1.807) is 0 Å². The van der Waals surface area contributed by atoms with Gasteiger partial charge in [0.05, 0.1) is 17.7 Å². The van der Waals surface area contributed by atoms with Crippen LogP contribution in [0.4, 0.5) is 0 Å². The second kappa shape index (κ2) is 5.19. The lowest BCUT2D eigenvalue weighted by molar-refractivity contribution is 0.0788. The maximum Gasteiger partial charge on any atom is 0.417 e. The molecular weight excluding hydrogens is 244 g/mol. The Balaban J connectivity index is 1.96. The van der Waals surface area contributed by atoms with Crippen molar-refractivity contribution in [2.45, 2.75) is 31.9 Å². The van der Waals surface area contributed by atoms with Crippen molar-refractivity contribution in [3.05, 3.63) is 34.3 Å². The Hall–Kier alpha value is -1.59. The van der Waals surface area contributed by atoms with E-state index in [2.05, 4.69) is 17.2 Å². The van der Waals surface area contributed by atoms with E-state index in [4.69, 9.17) is 9.15 Å². The molecular formula is C14H18N2O3. The average Bonchev–Trinajstić information content (AvgIpc) is 3.02. The lowest BCUT2D eigenvalue weighted by Crippen LogP contribution is -2.31. The number of fused-ring (bicyclic) bond motifs is 1. The normalized spacial score (nSPS) is 21.0. The summed E-state index contributed by atoms with van der Waals surface area (Å²) in [7, 11) is 0. The largest absolute Gasteiger partial charge is 0.417 e. The molecule has 2 N–H and O–H groups in total. The molecule has 2 heterocycles. The molecule has 19 heavy (non-hydrogen) atoms. The first-order valence-electron chi connectivity index (χ1n) is 6.75. The minimum absolute atomic E-state index is 0.150. The number of hydrogen-bond donors (Lipinski definition) is 2. The quantitative estimate of drug-likeness (QED) is 0.883. The highest BCUT2D eigenvalue weighted by Gasteiger charge is 2.27. The smallest absolute Gasteiger partial charge is 0.408 e. The number of hydrogen-bond acceptors (Lipinski definition) is 4. The van der Waals surface area contributed by atoms with Gasteiger partial charge in [-0.25, -0.2) is 4.79 Å². The second-order valence-corrected chi connectivity index (χ2v) is 4.86. The summed E-state index contributed by atoms with van der Waals surface area (Å²) < 4.78 is 10.9. The average molecular weight is 262 g/mol. The van der Waals surface area contributed by atoms with Gasteiger partial charge >= 0.3 is 5.76 Å². The number of aromatic amines is 1. The van der Waals surface area contributed by atoms with E-state index in [1.165, 1.54) is 0 Å². The molecule has 0 bridgehead atoms. The second-order valence-electron chi connectivity index (χ2n) is 4.86. The summed E-state index contributed by atoms with van der Waals surface area (Å²) >= 11 is 0. The zero-order valence-electron chi connectivity index (χ0n) is 10.9. The van der Waals surface area contributed by atoms with E-state index < -0.39 is 5.76 Å². The van der Waals surface area contributed by atoms with Crippen LogP contribution in [0.3, 0.4) is 0 Å². The van der Waals surface area contributed by atoms with Gasteiger partial charge in [-0.3, -0.25) is 4.98 Å². The fourth-order valence-electron chi connectivity index (χ4n) is 2.70. The lowest BCUT2D eigenvalue weighted by Gasteiger charge is -2.24. The molecule has 5 nitrogen and oxygen atoms in total. The standard InChI is InChI=1S/C14H18N2O3/c1-2-15-13(11-4-3-7-18-11)9-5-6-10-12(8-9)19-14(17)16-10/h5-6,8,11,13,15H,2-4,7H2,1H3,(H,16,17). The number of likely N-dealkylation sites (N-methyl/N-ethyl adjacent to an activating group) is 1. The van der Waals surface area contributed by atoms with Crippen molar-refractivity contribution >= 4 is 11.1 Å². The Kier molecular flexibility index (Phi) is 3.40. The summed E-state index contributed by atoms with van der Waals surface area (Å²) in [6.07, 6.45) is 2.36. The van der Waals surface area contributed by atoms with Crippen LogP contribution in [-0.4, -0.2) is 24.2 Å². The summed E-state index contributed by atoms with van der Waals surface area (Å²) in [4.78, 5) is 13.8. The van der Waals surface area contributed by atoms with Crippen molar-refractivity contribution in [3.63, 3.8) is 0 Å². The third kappa shape index (κ3) is 2.43. The van der Waals surface area contributed by atoms with Gasteiger partial charge in [-0.2, -0.15) is 0 Å². The Labute approximate surface area is 111 Å². The lowest BCUT2D eigenvalue weighted by atomic mass is 9.99. The predicted molar refractivity (Wildman–Crippen MR) is 72.2 cm³/mol. The van der Waals surface area contributed by atoms with Gasteiger partial charge in [0, 0.05) is 6.61 Å². The maximum atomic E-state index is 11.2. The van der Waals surface area contributed by atoms with Crippen molar-refractivity contribution in [3.8, 4) is 0 Å². The van der Waals surface area contributed by atoms with Gasteiger partial charge in [0.2, 0.25) is 0 Å². The number of ether oxygens (including phenoxy) is 1. The number of nitrogens with one attached hydrogen (secondary N) is 2. The summed E-state index contributed by atoms with van der Waals surface area (Å²) in [6, 6.07) is 5.97. The molecule has 5 heteroatoms. The molecule has 0 spiro atoms. The topological polar surface area (TPSA) is 67.3 Å². The first-order valence-corrected chi connectivity index (χ1v) is 6.75. The minimum Gasteiger partial charge on any atom is -0.408 e. The molecule has 1 aromatic heterocycles. The van der Waals surface area contributed by atoms with Crippen LogP contribution in [0.25, 0.3) is 11.1 Å². The van der Waals surface area contributed by atoms with Gasteiger partial charge < -0.3 is 14.5 Å². The van der Waals surface area contributed by atoms with Crippen LogP contribution in [0, 0.1) is 0 Å². The van der Waals surface area contributed by atoms with Gasteiger partial charge in [0.1, 0.15) is 0 Å². The molecule has 2 unspecified atom stereocenters. The number of oxazole rings is 1. The van der Waals surface area contributed by atoms with E-state index >= 15 is 0 Å². The number of aromatic nitrogens is 1. The monoisotopic (exact) mass is 262 g/mol. The molecule has 1 aliphatic rings. The third-order valence-electron chi connectivity index (χ3n) is 3.56. The number of benzene rings is 1. The molecule has 0 saturated carbocycles. The fraction of sp³-hybridized carbons (Fsp3) is 0.500. The highest BCUT2D eigenvalue weighted by atomic mass is 16.5. The molecule has 0 aliphatic carbocycles. The molecule has 2 aromatic rings. The zero-order valence-corrected chi connectivity index (χ0v) is 10.9. The Morgan fingerprint density at radius 3 is 3.16 bits per heavy atom. The van der Waals surface area contributed by atoms with E-state index in [1.807, 2.05) is 18.2 Å². The van der Waals surface area contributed by atoms with Crippen LogP contribution in [0.15, 0.2) is 27.4 Å². The van der Waals surface area contributed by atoms with Crippen LogP contribution in [0.5, 0.6) is 0 Å². The van der Waals surface area contributed by atoms with Gasteiger partial charge in [0.25, 0.3) is 0 Å². The van der Waals surface area contributed by atoms with E-state index in [9.17, 15) is 4.79 Å². The van der Waals surface area contributed by atoms with Crippen LogP contribution in [-0.2, 0) is 4.74 Å². The van der Waals surface area contributed by atoms with Crippen LogP contribution >= 0.6 is 0 Å². The molecule has 1 fully saturated rings. The van der Waals surface area contributed by atoms with E-state index in [-0.39, 0.29) is 12.1 Å². The van der Waals surface area contributed by atoms with Crippen molar-refractivity contribution in [1.82, 2.24) is 10.3 Å². The SMILES string of the molecule is CCNC(c1ccc2[nH]c(=O)oc2c1)C1CCCO1. The van der Waals surface area contributed by atoms with Crippen molar-refractivity contribution in [1.29, 1.82) is 0 Å². The molecule has 0 amide bonds. The summed E-state index contributed by atoms with van der Waals surface area (Å²) in [6.45, 7) is 3.78. The Morgan fingerprint density at radius 1 is 1.53 bits per heavy atom. The highest BCUT2D eigenvalue weighted by Crippen LogP contribution is 2.28.